The molecule has 0 aromatic heterocycles. The van der Waals surface area contributed by atoms with Gasteiger partial charge in [-0.15, -0.1) is 0 Å². The van der Waals surface area contributed by atoms with Gasteiger partial charge in [0.2, 0.25) is 5.91 Å². The Kier molecular flexibility index (Phi) is 8.11. The number of hydrogen-bond donors (Lipinski definition) is 2. The van der Waals surface area contributed by atoms with Crippen LogP contribution in [-0.4, -0.2) is 61.6 Å². The van der Waals surface area contributed by atoms with Gasteiger partial charge >= 0.3 is 0 Å². The highest BCUT2D eigenvalue weighted by atomic mass is 16.5. The van der Waals surface area contributed by atoms with Crippen molar-refractivity contribution in [3.63, 3.8) is 0 Å². The maximum absolute atomic E-state index is 13.6. The Morgan fingerprint density at radius 2 is 1.84 bits per heavy atom. The predicted octanol–water partition coefficient (Wildman–Crippen LogP) is 3.92. The molecule has 2 heterocycles. The van der Waals surface area contributed by atoms with Gasteiger partial charge in [-0.25, -0.2) is 0 Å². The number of hydrogen-bond acceptors (Lipinski definition) is 5. The average Bonchev–Trinajstić information content (AvgIpc) is 3.59. The summed E-state index contributed by atoms with van der Waals surface area (Å²) >= 11 is 0. The van der Waals surface area contributed by atoms with Crippen LogP contribution in [0.3, 0.4) is 0 Å². The van der Waals surface area contributed by atoms with E-state index < -0.39 is 6.04 Å². The van der Waals surface area contributed by atoms with E-state index in [2.05, 4.69) is 47.9 Å². The van der Waals surface area contributed by atoms with E-state index in [0.29, 0.717) is 42.6 Å². The maximum Gasteiger partial charge on any atom is 0.251 e. The summed E-state index contributed by atoms with van der Waals surface area (Å²) in [6, 6.07) is 17.3. The van der Waals surface area contributed by atoms with Crippen molar-refractivity contribution in [1.82, 2.24) is 15.5 Å². The van der Waals surface area contributed by atoms with Crippen LogP contribution < -0.4 is 10.6 Å². The van der Waals surface area contributed by atoms with Gasteiger partial charge in [-0.2, -0.15) is 5.26 Å². The van der Waals surface area contributed by atoms with Crippen molar-refractivity contribution in [3.8, 4) is 6.07 Å². The van der Waals surface area contributed by atoms with Gasteiger partial charge in [-0.05, 0) is 87.2 Å². The van der Waals surface area contributed by atoms with Crippen LogP contribution in [0, 0.1) is 23.7 Å². The molecule has 5 rings (SSSR count). The second-order valence-electron chi connectivity index (χ2n) is 11.3. The highest BCUT2D eigenvalue weighted by Crippen LogP contribution is 2.41. The molecule has 2 amide bonds. The second kappa shape index (κ2) is 11.7. The largest absolute Gasteiger partial charge is 0.381 e. The van der Waals surface area contributed by atoms with Crippen LogP contribution in [0.4, 0.5) is 0 Å². The number of piperidine rings is 1. The molecule has 2 aromatic carbocycles. The van der Waals surface area contributed by atoms with Crippen molar-refractivity contribution in [3.05, 3.63) is 70.8 Å². The summed E-state index contributed by atoms with van der Waals surface area (Å²) in [7, 11) is 0. The van der Waals surface area contributed by atoms with Crippen molar-refractivity contribution < 1.29 is 14.3 Å². The van der Waals surface area contributed by atoms with Crippen LogP contribution in [0.15, 0.2) is 48.5 Å². The number of benzene rings is 2. The topological polar surface area (TPSA) is 94.5 Å². The molecule has 2 aromatic rings. The molecule has 200 valence electrons. The van der Waals surface area contributed by atoms with Crippen molar-refractivity contribution in [2.75, 3.05) is 32.8 Å². The zero-order valence-corrected chi connectivity index (χ0v) is 22.2. The summed E-state index contributed by atoms with van der Waals surface area (Å²) < 4.78 is 5.64. The van der Waals surface area contributed by atoms with Crippen molar-refractivity contribution in [2.24, 2.45) is 5.41 Å². The third kappa shape index (κ3) is 6.25. The molecule has 2 N–H and O–H groups in total. The summed E-state index contributed by atoms with van der Waals surface area (Å²) in [6.45, 7) is 5.95. The van der Waals surface area contributed by atoms with Crippen molar-refractivity contribution in [1.29, 1.82) is 5.26 Å². The number of nitrogens with zero attached hydrogens (tertiary/aromatic N) is 2. The fourth-order valence-corrected chi connectivity index (χ4v) is 5.86. The van der Waals surface area contributed by atoms with Gasteiger partial charge < -0.3 is 20.3 Å². The van der Waals surface area contributed by atoms with E-state index in [0.717, 1.165) is 51.9 Å². The molecule has 2 saturated heterocycles. The molecule has 1 saturated carbocycles. The second-order valence-corrected chi connectivity index (χ2v) is 11.3. The fraction of sp³-hybridized carbons (Fsp3) is 0.516. The number of nitrogens with one attached hydrogen (secondary N) is 2. The first-order valence-corrected chi connectivity index (χ1v) is 13.9. The van der Waals surface area contributed by atoms with E-state index in [1.165, 1.54) is 11.1 Å². The minimum Gasteiger partial charge on any atom is -0.381 e. The third-order valence-corrected chi connectivity index (χ3v) is 8.57. The Bertz CT molecular complexity index is 1160. The highest BCUT2D eigenvalue weighted by Gasteiger charge is 2.40. The van der Waals surface area contributed by atoms with Gasteiger partial charge in [-0.3, -0.25) is 9.59 Å². The van der Waals surface area contributed by atoms with Gasteiger partial charge in [0.05, 0.1) is 18.2 Å². The van der Waals surface area contributed by atoms with Gasteiger partial charge in [0, 0.05) is 37.2 Å². The lowest BCUT2D eigenvalue weighted by Crippen LogP contribution is -2.52. The van der Waals surface area contributed by atoms with Gasteiger partial charge in [0.15, 0.2) is 0 Å². The number of nitriles is 1. The summed E-state index contributed by atoms with van der Waals surface area (Å²) in [5.41, 5.74) is 3.84. The number of amides is 2. The number of rotatable bonds is 9. The van der Waals surface area contributed by atoms with E-state index in [-0.39, 0.29) is 17.2 Å². The monoisotopic (exact) mass is 514 g/mol. The van der Waals surface area contributed by atoms with E-state index >= 15 is 0 Å². The molecular weight excluding hydrogens is 476 g/mol. The van der Waals surface area contributed by atoms with E-state index in [1.807, 2.05) is 4.90 Å². The van der Waals surface area contributed by atoms with Crippen LogP contribution in [0.25, 0.3) is 0 Å². The molecule has 7 nitrogen and oxygen atoms in total. The normalized spacial score (nSPS) is 22.6. The van der Waals surface area contributed by atoms with Gasteiger partial charge in [0.25, 0.3) is 5.91 Å². The molecule has 3 aliphatic rings. The van der Waals surface area contributed by atoms with Crippen molar-refractivity contribution >= 4 is 11.8 Å². The number of aryl methyl sites for hydroxylation is 1. The predicted molar refractivity (Wildman–Crippen MR) is 146 cm³/mol. The first-order valence-electron chi connectivity index (χ1n) is 13.9. The van der Waals surface area contributed by atoms with E-state index in [9.17, 15) is 9.59 Å². The zero-order chi connectivity index (χ0) is 26.5. The van der Waals surface area contributed by atoms with Crippen LogP contribution in [0.1, 0.15) is 71.5 Å². The van der Waals surface area contributed by atoms with Gasteiger partial charge in [-0.1, -0.05) is 29.8 Å². The Hall–Kier alpha value is -3.21. The average molecular weight is 515 g/mol. The van der Waals surface area contributed by atoms with Crippen molar-refractivity contribution in [2.45, 2.75) is 63.5 Å². The van der Waals surface area contributed by atoms with Gasteiger partial charge in [0.1, 0.15) is 6.04 Å². The third-order valence-electron chi connectivity index (χ3n) is 8.57. The lowest BCUT2D eigenvalue weighted by Gasteiger charge is -2.39. The Balaban J connectivity index is 1.16. The molecule has 7 heteroatoms. The molecule has 1 spiro atoms. The van der Waals surface area contributed by atoms with Crippen LogP contribution >= 0.6 is 0 Å². The molecular formula is C31H38N4O3. The number of ether oxygens (including phenoxy) is 1. The standard InChI is InChI=1S/C31H38N4O3/c1-22-4-8-24(9-5-22)26-19-28(26)33-15-2-3-27(34-29(36)25-10-6-23(20-32)7-11-25)30(37)35-16-12-31(13-17-35)14-18-38-21-31/h4-11,26-28,33H,2-3,12-19,21H2,1H3,(H,34,36)/t26-,27-,28+/m0/s1. The van der Waals surface area contributed by atoms with Crippen LogP contribution in [-0.2, 0) is 9.53 Å². The quantitative estimate of drug-likeness (QED) is 0.495. The molecule has 3 atom stereocenters. The SMILES string of the molecule is Cc1ccc([C@@H]2C[C@H]2NCCC[C@H](NC(=O)c2ccc(C#N)cc2)C(=O)N2CCC3(CCOC3)CC2)cc1. The van der Waals surface area contributed by atoms with Crippen LogP contribution in [0.2, 0.25) is 0 Å². The maximum atomic E-state index is 13.6. The lowest BCUT2D eigenvalue weighted by molar-refractivity contribution is -0.135. The molecule has 0 radical (unpaired) electrons. The summed E-state index contributed by atoms with van der Waals surface area (Å²) in [5.74, 6) is 0.286. The first kappa shape index (κ1) is 26.4. The number of carbonyl (C=O) groups is 2. The molecule has 3 fully saturated rings. The minimum absolute atomic E-state index is 0.00436. The summed E-state index contributed by atoms with van der Waals surface area (Å²) in [6.07, 6.45) is 5.51. The molecule has 2 aliphatic heterocycles. The molecule has 0 bridgehead atoms. The Labute approximate surface area is 225 Å². The molecule has 0 unspecified atom stereocenters. The lowest BCUT2D eigenvalue weighted by atomic mass is 9.78. The highest BCUT2D eigenvalue weighted by molar-refractivity contribution is 5.97. The molecule has 38 heavy (non-hydrogen) atoms. The Morgan fingerprint density at radius 1 is 1.11 bits per heavy atom. The summed E-state index contributed by atoms with van der Waals surface area (Å²) in [4.78, 5) is 28.5. The van der Waals surface area contributed by atoms with E-state index in [1.54, 1.807) is 24.3 Å². The zero-order valence-electron chi connectivity index (χ0n) is 22.2. The molecule has 1 aliphatic carbocycles. The summed E-state index contributed by atoms with van der Waals surface area (Å²) in [5, 5.41) is 15.7. The van der Waals surface area contributed by atoms with E-state index in [4.69, 9.17) is 10.00 Å². The van der Waals surface area contributed by atoms with Crippen LogP contribution in [0.5, 0.6) is 0 Å². The first-order chi connectivity index (χ1) is 18.5. The number of carbonyl (C=O) groups excluding carboxylic acids is 2. The number of likely N-dealkylation sites (tertiary alicyclic amines) is 1. The minimum atomic E-state index is -0.569. The Morgan fingerprint density at radius 3 is 2.50 bits per heavy atom. The smallest absolute Gasteiger partial charge is 0.251 e. The fourth-order valence-electron chi connectivity index (χ4n) is 5.86.